The number of ether oxygens (including phenoxy) is 2. The molecule has 0 saturated heterocycles. The van der Waals surface area contributed by atoms with Crippen LogP contribution in [0.2, 0.25) is 0 Å². The predicted molar refractivity (Wildman–Crippen MR) is 144 cm³/mol. The van der Waals surface area contributed by atoms with E-state index in [1.165, 1.54) is 0 Å². The molecular formula is C31H31NO5. The van der Waals surface area contributed by atoms with Crippen LogP contribution in [0.25, 0.3) is 11.0 Å². The van der Waals surface area contributed by atoms with E-state index < -0.39 is 6.04 Å². The fraction of sp³-hybridized carbons (Fsp3) is 0.290. The molecule has 190 valence electrons. The molecule has 6 nitrogen and oxygen atoms in total. The maximum absolute atomic E-state index is 13.9. The van der Waals surface area contributed by atoms with Gasteiger partial charge in [0.15, 0.2) is 5.43 Å². The van der Waals surface area contributed by atoms with E-state index in [1.54, 1.807) is 12.0 Å². The SMILES string of the molecule is CCCCOc1ccc(C2c3c(oc4cc(C)c(C)cc4c3=O)C(=O)N2Cc2ccc(OC)cc2)cc1. The molecule has 6 heteroatoms. The van der Waals surface area contributed by atoms with Crippen molar-refractivity contribution < 1.29 is 18.7 Å². The van der Waals surface area contributed by atoms with Crippen LogP contribution in [-0.4, -0.2) is 24.5 Å². The molecule has 0 N–H and O–H groups in total. The topological polar surface area (TPSA) is 69.0 Å². The first kappa shape index (κ1) is 24.6. The third kappa shape index (κ3) is 4.59. The average molecular weight is 498 g/mol. The minimum absolute atomic E-state index is 0.113. The van der Waals surface area contributed by atoms with Crippen LogP contribution in [0.15, 0.2) is 69.9 Å². The minimum Gasteiger partial charge on any atom is -0.497 e. The first-order chi connectivity index (χ1) is 17.9. The molecular weight excluding hydrogens is 466 g/mol. The van der Waals surface area contributed by atoms with Crippen LogP contribution in [0.1, 0.15) is 64.2 Å². The second kappa shape index (κ2) is 10.1. The third-order valence-corrected chi connectivity index (χ3v) is 7.06. The third-order valence-electron chi connectivity index (χ3n) is 7.06. The van der Waals surface area contributed by atoms with Gasteiger partial charge in [-0.25, -0.2) is 0 Å². The summed E-state index contributed by atoms with van der Waals surface area (Å²) >= 11 is 0. The quantitative estimate of drug-likeness (QED) is 0.266. The van der Waals surface area contributed by atoms with Gasteiger partial charge in [-0.3, -0.25) is 9.59 Å². The number of carbonyl (C=O) groups is 1. The summed E-state index contributed by atoms with van der Waals surface area (Å²) in [7, 11) is 1.62. The van der Waals surface area contributed by atoms with Gasteiger partial charge in [0.05, 0.1) is 30.7 Å². The number of methoxy groups -OCH3 is 1. The zero-order chi connectivity index (χ0) is 26.1. The maximum atomic E-state index is 13.9. The molecule has 0 spiro atoms. The Bertz CT molecular complexity index is 1500. The smallest absolute Gasteiger partial charge is 0.291 e. The molecule has 0 aliphatic carbocycles. The van der Waals surface area contributed by atoms with Crippen molar-refractivity contribution in [2.75, 3.05) is 13.7 Å². The fourth-order valence-electron chi connectivity index (χ4n) is 4.79. The molecule has 5 rings (SSSR count). The van der Waals surface area contributed by atoms with Gasteiger partial charge in [-0.05, 0) is 78.9 Å². The van der Waals surface area contributed by atoms with Crippen molar-refractivity contribution in [2.24, 2.45) is 0 Å². The van der Waals surface area contributed by atoms with Crippen LogP contribution in [0.4, 0.5) is 0 Å². The molecule has 1 aliphatic heterocycles. The zero-order valence-electron chi connectivity index (χ0n) is 21.7. The summed E-state index contributed by atoms with van der Waals surface area (Å²) < 4.78 is 17.3. The number of unbranched alkanes of at least 4 members (excludes halogenated alkanes) is 1. The number of fused-ring (bicyclic) bond motifs is 2. The highest BCUT2D eigenvalue weighted by atomic mass is 16.5. The maximum Gasteiger partial charge on any atom is 0.291 e. The van der Waals surface area contributed by atoms with Crippen molar-refractivity contribution in [2.45, 2.75) is 46.2 Å². The van der Waals surface area contributed by atoms with Gasteiger partial charge in [-0.2, -0.15) is 0 Å². The number of carbonyl (C=O) groups excluding carboxylic acids is 1. The summed E-state index contributed by atoms with van der Waals surface area (Å²) in [6.45, 7) is 7.03. The molecule has 3 aromatic carbocycles. The molecule has 1 aliphatic rings. The summed E-state index contributed by atoms with van der Waals surface area (Å²) in [5, 5.41) is 0.491. The van der Waals surface area contributed by atoms with E-state index in [0.717, 1.165) is 46.6 Å². The van der Waals surface area contributed by atoms with E-state index in [-0.39, 0.29) is 17.1 Å². The Kier molecular flexibility index (Phi) is 6.74. The van der Waals surface area contributed by atoms with Crippen molar-refractivity contribution in [3.8, 4) is 11.5 Å². The van der Waals surface area contributed by atoms with Gasteiger partial charge < -0.3 is 18.8 Å². The Morgan fingerprint density at radius 2 is 1.59 bits per heavy atom. The van der Waals surface area contributed by atoms with Gasteiger partial charge in [-0.1, -0.05) is 37.6 Å². The Balaban J connectivity index is 1.61. The van der Waals surface area contributed by atoms with Crippen LogP contribution in [-0.2, 0) is 6.54 Å². The average Bonchev–Trinajstić information content (AvgIpc) is 3.18. The van der Waals surface area contributed by atoms with E-state index in [4.69, 9.17) is 13.9 Å². The van der Waals surface area contributed by atoms with E-state index in [9.17, 15) is 9.59 Å². The van der Waals surface area contributed by atoms with Crippen molar-refractivity contribution in [1.82, 2.24) is 4.90 Å². The number of benzene rings is 3. The molecule has 0 bridgehead atoms. The van der Waals surface area contributed by atoms with Crippen LogP contribution in [0.3, 0.4) is 0 Å². The van der Waals surface area contributed by atoms with Crippen molar-refractivity contribution in [3.63, 3.8) is 0 Å². The largest absolute Gasteiger partial charge is 0.497 e. The van der Waals surface area contributed by atoms with E-state index in [2.05, 4.69) is 6.92 Å². The highest BCUT2D eigenvalue weighted by Crippen LogP contribution is 2.40. The molecule has 4 aromatic rings. The first-order valence-corrected chi connectivity index (χ1v) is 12.7. The van der Waals surface area contributed by atoms with Gasteiger partial charge in [-0.15, -0.1) is 0 Å². The molecule has 0 fully saturated rings. The number of hydrogen-bond donors (Lipinski definition) is 0. The Hall–Kier alpha value is -4.06. The number of hydrogen-bond acceptors (Lipinski definition) is 5. The van der Waals surface area contributed by atoms with Crippen LogP contribution >= 0.6 is 0 Å². The first-order valence-electron chi connectivity index (χ1n) is 12.7. The molecule has 0 saturated carbocycles. The summed E-state index contributed by atoms with van der Waals surface area (Å²) in [5.41, 5.74) is 4.42. The van der Waals surface area contributed by atoms with Gasteiger partial charge in [0.25, 0.3) is 5.91 Å². The standard InChI is InChI=1S/C31H31NO5/c1-5-6-15-36-24-13-9-22(10-14-24)28-27-29(33)25-16-19(2)20(3)17-26(25)37-30(27)31(34)32(28)18-21-7-11-23(35-4)12-8-21/h7-14,16-17,28H,5-6,15,18H2,1-4H3. The lowest BCUT2D eigenvalue weighted by atomic mass is 9.97. The van der Waals surface area contributed by atoms with Gasteiger partial charge in [0, 0.05) is 6.54 Å². The predicted octanol–water partition coefficient (Wildman–Crippen LogP) is 6.34. The molecule has 1 amide bonds. The molecule has 1 unspecified atom stereocenters. The molecule has 0 radical (unpaired) electrons. The molecule has 37 heavy (non-hydrogen) atoms. The summed E-state index contributed by atoms with van der Waals surface area (Å²) in [6, 6.07) is 18.4. The lowest BCUT2D eigenvalue weighted by molar-refractivity contribution is 0.0714. The lowest BCUT2D eigenvalue weighted by Crippen LogP contribution is -2.29. The monoisotopic (exact) mass is 497 g/mol. The highest BCUT2D eigenvalue weighted by Gasteiger charge is 2.42. The second-order valence-electron chi connectivity index (χ2n) is 9.56. The van der Waals surface area contributed by atoms with Crippen LogP contribution < -0.4 is 14.9 Å². The highest BCUT2D eigenvalue weighted by molar-refractivity contribution is 5.99. The Labute approximate surface area is 216 Å². The van der Waals surface area contributed by atoms with Gasteiger partial charge >= 0.3 is 0 Å². The lowest BCUT2D eigenvalue weighted by Gasteiger charge is -2.25. The number of nitrogens with zero attached hydrogens (tertiary/aromatic N) is 1. The normalized spacial score (nSPS) is 14.8. The number of aryl methyl sites for hydroxylation is 2. The van der Waals surface area contributed by atoms with Crippen LogP contribution in [0, 0.1) is 13.8 Å². The number of amides is 1. The van der Waals surface area contributed by atoms with Crippen molar-refractivity contribution in [3.05, 3.63) is 104 Å². The zero-order valence-corrected chi connectivity index (χ0v) is 21.7. The van der Waals surface area contributed by atoms with E-state index in [1.807, 2.05) is 74.5 Å². The summed E-state index contributed by atoms with van der Waals surface area (Å²) in [6.07, 6.45) is 2.04. The fourth-order valence-corrected chi connectivity index (χ4v) is 4.79. The molecule has 2 heterocycles. The van der Waals surface area contributed by atoms with E-state index >= 15 is 0 Å². The Morgan fingerprint density at radius 3 is 2.27 bits per heavy atom. The van der Waals surface area contributed by atoms with E-state index in [0.29, 0.717) is 29.7 Å². The molecule has 1 atom stereocenters. The minimum atomic E-state index is -0.573. The Morgan fingerprint density at radius 1 is 0.919 bits per heavy atom. The summed E-state index contributed by atoms with van der Waals surface area (Å²) in [4.78, 5) is 29.3. The van der Waals surface area contributed by atoms with Gasteiger partial charge in [0.2, 0.25) is 5.76 Å². The van der Waals surface area contributed by atoms with Crippen molar-refractivity contribution in [1.29, 1.82) is 0 Å². The summed E-state index contributed by atoms with van der Waals surface area (Å²) in [5.74, 6) is 1.32. The molecule has 1 aromatic heterocycles. The number of rotatable bonds is 8. The van der Waals surface area contributed by atoms with Gasteiger partial charge in [0.1, 0.15) is 17.1 Å². The second-order valence-corrected chi connectivity index (χ2v) is 9.56. The van der Waals surface area contributed by atoms with Crippen LogP contribution in [0.5, 0.6) is 11.5 Å². The van der Waals surface area contributed by atoms with Crippen molar-refractivity contribution >= 4 is 16.9 Å².